The van der Waals surface area contributed by atoms with Crippen molar-refractivity contribution < 1.29 is 12.8 Å². The Morgan fingerprint density at radius 2 is 2.05 bits per heavy atom. The highest BCUT2D eigenvalue weighted by molar-refractivity contribution is 7.89. The SMILES string of the molecule is Cc1nn(C)c(C)c1CNS(=O)(=O)c1ccc(N)cc1F. The molecule has 0 spiro atoms. The van der Waals surface area contributed by atoms with Gasteiger partial charge in [0.15, 0.2) is 0 Å². The average Bonchev–Trinajstić information content (AvgIpc) is 2.60. The Morgan fingerprint density at radius 1 is 1.38 bits per heavy atom. The van der Waals surface area contributed by atoms with E-state index < -0.39 is 20.7 Å². The normalized spacial score (nSPS) is 11.8. The van der Waals surface area contributed by atoms with E-state index in [1.165, 1.54) is 6.07 Å². The molecular weight excluding hydrogens is 295 g/mol. The van der Waals surface area contributed by atoms with E-state index in [1.807, 2.05) is 6.92 Å². The number of hydrogen-bond donors (Lipinski definition) is 2. The molecule has 0 atom stereocenters. The van der Waals surface area contributed by atoms with Crippen LogP contribution in [0.15, 0.2) is 23.1 Å². The Kier molecular flexibility index (Phi) is 4.02. The molecule has 114 valence electrons. The summed E-state index contributed by atoms with van der Waals surface area (Å²) in [5, 5.41) is 4.20. The zero-order chi connectivity index (χ0) is 15.8. The van der Waals surface area contributed by atoms with E-state index >= 15 is 0 Å². The van der Waals surface area contributed by atoms with Gasteiger partial charge in [-0.2, -0.15) is 5.10 Å². The maximum Gasteiger partial charge on any atom is 0.243 e. The van der Waals surface area contributed by atoms with E-state index in [0.717, 1.165) is 29.1 Å². The van der Waals surface area contributed by atoms with E-state index in [1.54, 1.807) is 18.7 Å². The summed E-state index contributed by atoms with van der Waals surface area (Å²) in [7, 11) is -2.17. The summed E-state index contributed by atoms with van der Waals surface area (Å²) >= 11 is 0. The first-order valence-electron chi connectivity index (χ1n) is 6.26. The Balaban J connectivity index is 2.26. The minimum atomic E-state index is -3.95. The lowest BCUT2D eigenvalue weighted by atomic mass is 10.2. The first kappa shape index (κ1) is 15.5. The van der Waals surface area contributed by atoms with Gasteiger partial charge in [0.05, 0.1) is 5.69 Å². The molecule has 2 aromatic rings. The lowest BCUT2D eigenvalue weighted by molar-refractivity contribution is 0.557. The molecule has 1 aromatic carbocycles. The minimum Gasteiger partial charge on any atom is -0.399 e. The van der Waals surface area contributed by atoms with Crippen molar-refractivity contribution in [2.45, 2.75) is 25.3 Å². The highest BCUT2D eigenvalue weighted by atomic mass is 32.2. The predicted octanol–water partition coefficient (Wildman–Crippen LogP) is 1.24. The number of nitrogen functional groups attached to an aromatic ring is 1. The number of rotatable bonds is 4. The van der Waals surface area contributed by atoms with Crippen molar-refractivity contribution in [1.82, 2.24) is 14.5 Å². The zero-order valence-electron chi connectivity index (χ0n) is 12.0. The molecule has 2 rings (SSSR count). The second-order valence-electron chi connectivity index (χ2n) is 4.79. The highest BCUT2D eigenvalue weighted by Gasteiger charge is 2.20. The van der Waals surface area contributed by atoms with Crippen molar-refractivity contribution in [3.63, 3.8) is 0 Å². The van der Waals surface area contributed by atoms with E-state index in [-0.39, 0.29) is 12.2 Å². The van der Waals surface area contributed by atoms with Crippen LogP contribution in [0.2, 0.25) is 0 Å². The van der Waals surface area contributed by atoms with E-state index in [9.17, 15) is 12.8 Å². The molecule has 0 aliphatic carbocycles. The van der Waals surface area contributed by atoms with Gasteiger partial charge in [-0.05, 0) is 32.0 Å². The molecule has 21 heavy (non-hydrogen) atoms. The van der Waals surface area contributed by atoms with Crippen LogP contribution in [0.25, 0.3) is 0 Å². The predicted molar refractivity (Wildman–Crippen MR) is 77.5 cm³/mol. The maximum absolute atomic E-state index is 13.7. The highest BCUT2D eigenvalue weighted by Crippen LogP contribution is 2.18. The number of benzene rings is 1. The summed E-state index contributed by atoms with van der Waals surface area (Å²) < 4.78 is 42.1. The Bertz CT molecular complexity index is 784. The van der Waals surface area contributed by atoms with Crippen LogP contribution >= 0.6 is 0 Å². The van der Waals surface area contributed by atoms with Crippen LogP contribution in [0.4, 0.5) is 10.1 Å². The summed E-state index contributed by atoms with van der Waals surface area (Å²) in [5.74, 6) is -0.873. The quantitative estimate of drug-likeness (QED) is 0.831. The Hall–Kier alpha value is -1.93. The number of sulfonamides is 1. The van der Waals surface area contributed by atoms with Crippen LogP contribution in [0.5, 0.6) is 0 Å². The van der Waals surface area contributed by atoms with Crippen molar-refractivity contribution in [3.8, 4) is 0 Å². The van der Waals surface area contributed by atoms with Crippen LogP contribution in [-0.4, -0.2) is 18.2 Å². The third-order valence-electron chi connectivity index (χ3n) is 3.34. The van der Waals surface area contributed by atoms with Gasteiger partial charge in [0.25, 0.3) is 0 Å². The molecule has 0 aliphatic heterocycles. The first-order chi connectivity index (χ1) is 9.72. The fraction of sp³-hybridized carbons (Fsp3) is 0.308. The number of nitrogens with zero attached hydrogens (tertiary/aromatic N) is 2. The number of halogens is 1. The third kappa shape index (κ3) is 3.06. The van der Waals surface area contributed by atoms with Gasteiger partial charge in [-0.3, -0.25) is 4.68 Å². The molecule has 6 nitrogen and oxygen atoms in total. The second kappa shape index (κ2) is 5.45. The summed E-state index contributed by atoms with van der Waals surface area (Å²) in [6.45, 7) is 3.69. The first-order valence-corrected chi connectivity index (χ1v) is 7.74. The molecule has 8 heteroatoms. The van der Waals surface area contributed by atoms with Crippen molar-refractivity contribution in [2.24, 2.45) is 7.05 Å². The third-order valence-corrected chi connectivity index (χ3v) is 4.78. The van der Waals surface area contributed by atoms with Crippen LogP contribution in [0.3, 0.4) is 0 Å². The second-order valence-corrected chi connectivity index (χ2v) is 6.52. The molecule has 0 bridgehead atoms. The summed E-state index contributed by atoms with van der Waals surface area (Å²) in [6.07, 6.45) is 0. The molecule has 0 radical (unpaired) electrons. The largest absolute Gasteiger partial charge is 0.399 e. The van der Waals surface area contributed by atoms with Gasteiger partial charge in [-0.25, -0.2) is 17.5 Å². The van der Waals surface area contributed by atoms with E-state index in [2.05, 4.69) is 9.82 Å². The number of aryl methyl sites for hydroxylation is 2. The van der Waals surface area contributed by atoms with E-state index in [0.29, 0.717) is 0 Å². The van der Waals surface area contributed by atoms with Crippen LogP contribution in [-0.2, 0) is 23.6 Å². The molecular formula is C13H17FN4O2S. The number of nitrogens with one attached hydrogen (secondary N) is 1. The van der Waals surface area contributed by atoms with Gasteiger partial charge in [-0.1, -0.05) is 0 Å². The van der Waals surface area contributed by atoms with Crippen molar-refractivity contribution in [3.05, 3.63) is 41.0 Å². The van der Waals surface area contributed by atoms with Gasteiger partial charge in [-0.15, -0.1) is 0 Å². The lowest BCUT2D eigenvalue weighted by Gasteiger charge is -2.08. The molecule has 3 N–H and O–H groups in total. The van der Waals surface area contributed by atoms with Gasteiger partial charge in [0.2, 0.25) is 10.0 Å². The number of anilines is 1. The minimum absolute atomic E-state index is 0.0532. The van der Waals surface area contributed by atoms with Gasteiger partial charge < -0.3 is 5.73 Å². The summed E-state index contributed by atoms with van der Waals surface area (Å²) in [4.78, 5) is -0.420. The molecule has 0 saturated heterocycles. The smallest absolute Gasteiger partial charge is 0.243 e. The standard InChI is InChI=1S/C13H17FN4O2S/c1-8-11(9(2)18(3)17-8)7-16-21(19,20)13-5-4-10(15)6-12(13)14/h4-6,16H,7,15H2,1-3H3. The van der Waals surface area contributed by atoms with E-state index in [4.69, 9.17) is 5.73 Å². The monoisotopic (exact) mass is 312 g/mol. The van der Waals surface area contributed by atoms with Gasteiger partial charge >= 0.3 is 0 Å². The number of hydrogen-bond acceptors (Lipinski definition) is 4. The molecule has 0 amide bonds. The van der Waals surface area contributed by atoms with Crippen LogP contribution in [0, 0.1) is 19.7 Å². The van der Waals surface area contributed by atoms with Gasteiger partial charge in [0, 0.05) is 30.5 Å². The van der Waals surface area contributed by atoms with Crippen LogP contribution in [0.1, 0.15) is 17.0 Å². The molecule has 0 saturated carbocycles. The Labute approximate surface area is 122 Å². The molecule has 1 heterocycles. The van der Waals surface area contributed by atoms with Crippen molar-refractivity contribution in [1.29, 1.82) is 0 Å². The topological polar surface area (TPSA) is 90.0 Å². The van der Waals surface area contributed by atoms with Gasteiger partial charge in [0.1, 0.15) is 10.7 Å². The number of nitrogens with two attached hydrogens (primary N) is 1. The molecule has 1 aromatic heterocycles. The maximum atomic E-state index is 13.7. The fourth-order valence-electron chi connectivity index (χ4n) is 2.05. The summed E-state index contributed by atoms with van der Waals surface area (Å²) in [5.41, 5.74) is 7.95. The molecule has 0 aliphatic rings. The summed E-state index contributed by atoms with van der Waals surface area (Å²) in [6, 6.07) is 3.48. The Morgan fingerprint density at radius 3 is 2.57 bits per heavy atom. The average molecular weight is 312 g/mol. The fourth-order valence-corrected chi connectivity index (χ4v) is 3.11. The molecule has 0 fully saturated rings. The number of aromatic nitrogens is 2. The van der Waals surface area contributed by atoms with Crippen molar-refractivity contribution in [2.75, 3.05) is 5.73 Å². The molecule has 0 unspecified atom stereocenters. The lowest BCUT2D eigenvalue weighted by Crippen LogP contribution is -2.24. The van der Waals surface area contributed by atoms with Crippen LogP contribution < -0.4 is 10.5 Å². The zero-order valence-corrected chi connectivity index (χ0v) is 12.8. The van der Waals surface area contributed by atoms with Crippen molar-refractivity contribution >= 4 is 15.7 Å².